The minimum absolute atomic E-state index is 0.341. The molecule has 1 aliphatic rings. The van der Waals surface area contributed by atoms with Crippen LogP contribution in [-0.2, 0) is 11.2 Å². The highest BCUT2D eigenvalue weighted by atomic mass is 16.5. The van der Waals surface area contributed by atoms with Crippen molar-refractivity contribution < 1.29 is 9.84 Å². The molecule has 20 heavy (non-hydrogen) atoms. The van der Waals surface area contributed by atoms with Gasteiger partial charge < -0.3 is 9.84 Å². The molecule has 3 heteroatoms. The summed E-state index contributed by atoms with van der Waals surface area (Å²) in [7, 11) is 0. The number of likely N-dealkylation sites (tertiary alicyclic amines) is 1. The van der Waals surface area contributed by atoms with Crippen molar-refractivity contribution in [2.24, 2.45) is 0 Å². The molecule has 0 saturated carbocycles. The maximum atomic E-state index is 9.82. The van der Waals surface area contributed by atoms with Gasteiger partial charge in [-0.05, 0) is 38.7 Å². The number of aliphatic hydroxyl groups is 1. The summed E-state index contributed by atoms with van der Waals surface area (Å²) >= 11 is 0. The molecule has 1 N–H and O–H groups in total. The Morgan fingerprint density at radius 1 is 1.30 bits per heavy atom. The van der Waals surface area contributed by atoms with Crippen molar-refractivity contribution in [1.82, 2.24) is 4.90 Å². The standard InChI is InChI=1S/C17H27NO2/c1-17(2,19)14-18-11-10-16(13-18)20-12-6-9-15-7-4-3-5-8-15/h3-5,7-8,16,19H,6,9-14H2,1-2H3. The summed E-state index contributed by atoms with van der Waals surface area (Å²) in [5.41, 5.74) is 0.772. The fraction of sp³-hybridized carbons (Fsp3) is 0.647. The first-order valence-electron chi connectivity index (χ1n) is 7.63. The molecular formula is C17H27NO2. The van der Waals surface area contributed by atoms with Crippen LogP contribution in [0.5, 0.6) is 0 Å². The predicted molar refractivity (Wildman–Crippen MR) is 81.9 cm³/mol. The van der Waals surface area contributed by atoms with Crippen molar-refractivity contribution in [3.8, 4) is 0 Å². The lowest BCUT2D eigenvalue weighted by molar-refractivity contribution is 0.0274. The summed E-state index contributed by atoms with van der Waals surface area (Å²) < 4.78 is 5.95. The van der Waals surface area contributed by atoms with E-state index in [0.29, 0.717) is 6.10 Å². The number of hydrogen-bond donors (Lipinski definition) is 1. The van der Waals surface area contributed by atoms with Crippen LogP contribution in [0.4, 0.5) is 0 Å². The van der Waals surface area contributed by atoms with Crippen LogP contribution in [0.1, 0.15) is 32.3 Å². The maximum Gasteiger partial charge on any atom is 0.0718 e. The van der Waals surface area contributed by atoms with Crippen molar-refractivity contribution in [2.75, 3.05) is 26.2 Å². The summed E-state index contributed by atoms with van der Waals surface area (Å²) in [6.45, 7) is 7.28. The number of ether oxygens (including phenoxy) is 1. The van der Waals surface area contributed by atoms with Crippen molar-refractivity contribution in [2.45, 2.75) is 44.8 Å². The van der Waals surface area contributed by atoms with E-state index < -0.39 is 5.60 Å². The van der Waals surface area contributed by atoms with Crippen LogP contribution in [0.3, 0.4) is 0 Å². The minimum atomic E-state index is -0.609. The van der Waals surface area contributed by atoms with Crippen molar-refractivity contribution >= 4 is 0 Å². The normalized spacial score (nSPS) is 20.4. The fourth-order valence-corrected chi connectivity index (χ4v) is 2.79. The van der Waals surface area contributed by atoms with Crippen molar-refractivity contribution in [3.63, 3.8) is 0 Å². The third kappa shape index (κ3) is 5.61. The Morgan fingerprint density at radius 3 is 2.75 bits per heavy atom. The molecule has 0 aromatic heterocycles. The second-order valence-corrected chi connectivity index (χ2v) is 6.42. The Bertz CT molecular complexity index is 386. The summed E-state index contributed by atoms with van der Waals surface area (Å²) in [6.07, 6.45) is 3.59. The van der Waals surface area contributed by atoms with Crippen LogP contribution in [0, 0.1) is 0 Å². The molecule has 1 unspecified atom stereocenters. The van der Waals surface area contributed by atoms with Gasteiger partial charge in [0.15, 0.2) is 0 Å². The SMILES string of the molecule is CC(C)(O)CN1CCC(OCCCc2ccccc2)C1. The van der Waals surface area contributed by atoms with Crippen LogP contribution >= 0.6 is 0 Å². The van der Waals surface area contributed by atoms with Gasteiger partial charge in [-0.2, -0.15) is 0 Å². The smallest absolute Gasteiger partial charge is 0.0718 e. The number of hydrogen-bond acceptors (Lipinski definition) is 3. The van der Waals surface area contributed by atoms with Gasteiger partial charge in [0.05, 0.1) is 11.7 Å². The number of benzene rings is 1. The lowest BCUT2D eigenvalue weighted by Crippen LogP contribution is -2.37. The van der Waals surface area contributed by atoms with Gasteiger partial charge in [-0.1, -0.05) is 30.3 Å². The van der Waals surface area contributed by atoms with Gasteiger partial charge in [0.1, 0.15) is 0 Å². The number of aryl methyl sites for hydroxylation is 1. The van der Waals surface area contributed by atoms with Crippen LogP contribution in [0.25, 0.3) is 0 Å². The first-order valence-corrected chi connectivity index (χ1v) is 7.63. The zero-order chi connectivity index (χ0) is 14.4. The van der Waals surface area contributed by atoms with Gasteiger partial charge in [-0.15, -0.1) is 0 Å². The topological polar surface area (TPSA) is 32.7 Å². The van der Waals surface area contributed by atoms with E-state index in [2.05, 4.69) is 35.2 Å². The van der Waals surface area contributed by atoms with Gasteiger partial charge >= 0.3 is 0 Å². The Morgan fingerprint density at radius 2 is 2.05 bits per heavy atom. The zero-order valence-electron chi connectivity index (χ0n) is 12.7. The van der Waals surface area contributed by atoms with Crippen LogP contribution < -0.4 is 0 Å². The summed E-state index contributed by atoms with van der Waals surface area (Å²) in [6, 6.07) is 10.6. The van der Waals surface area contributed by atoms with Crippen molar-refractivity contribution in [3.05, 3.63) is 35.9 Å². The lowest BCUT2D eigenvalue weighted by atomic mass is 10.1. The van der Waals surface area contributed by atoms with E-state index in [-0.39, 0.29) is 0 Å². The van der Waals surface area contributed by atoms with E-state index in [1.54, 1.807) is 0 Å². The second kappa shape index (κ2) is 7.21. The van der Waals surface area contributed by atoms with E-state index >= 15 is 0 Å². The molecule has 1 aliphatic heterocycles. The molecule has 1 atom stereocenters. The van der Waals surface area contributed by atoms with Gasteiger partial charge in [0.2, 0.25) is 0 Å². The van der Waals surface area contributed by atoms with Gasteiger partial charge in [0.25, 0.3) is 0 Å². The molecule has 1 aromatic carbocycles. The van der Waals surface area contributed by atoms with Gasteiger partial charge in [0, 0.05) is 26.2 Å². The average molecular weight is 277 g/mol. The molecule has 1 heterocycles. The average Bonchev–Trinajstić information content (AvgIpc) is 2.81. The molecule has 0 aliphatic carbocycles. The summed E-state index contributed by atoms with van der Waals surface area (Å²) in [5, 5.41) is 9.82. The maximum absolute atomic E-state index is 9.82. The largest absolute Gasteiger partial charge is 0.389 e. The molecule has 1 fully saturated rings. The Kier molecular flexibility index (Phi) is 5.58. The van der Waals surface area contributed by atoms with E-state index in [4.69, 9.17) is 4.74 Å². The van der Waals surface area contributed by atoms with E-state index in [1.165, 1.54) is 5.56 Å². The van der Waals surface area contributed by atoms with E-state index in [0.717, 1.165) is 45.5 Å². The molecule has 0 radical (unpaired) electrons. The number of rotatable bonds is 7. The Balaban J connectivity index is 1.59. The highest BCUT2D eigenvalue weighted by molar-refractivity contribution is 5.14. The molecule has 0 bridgehead atoms. The fourth-order valence-electron chi connectivity index (χ4n) is 2.79. The summed E-state index contributed by atoms with van der Waals surface area (Å²) in [5.74, 6) is 0. The first-order chi connectivity index (χ1) is 9.53. The quantitative estimate of drug-likeness (QED) is 0.777. The lowest BCUT2D eigenvalue weighted by Gasteiger charge is -2.25. The Labute approximate surface area is 122 Å². The van der Waals surface area contributed by atoms with Crippen molar-refractivity contribution in [1.29, 1.82) is 0 Å². The molecule has 0 spiro atoms. The molecule has 2 rings (SSSR count). The first kappa shape index (κ1) is 15.5. The number of β-amino-alcohol motifs (C(OH)–C–C–N with tert-alkyl or cyclic N) is 1. The second-order valence-electron chi connectivity index (χ2n) is 6.42. The predicted octanol–water partition coefficient (Wildman–Crippen LogP) is 2.48. The molecule has 112 valence electrons. The molecule has 0 amide bonds. The summed E-state index contributed by atoms with van der Waals surface area (Å²) in [4.78, 5) is 2.29. The molecule has 3 nitrogen and oxygen atoms in total. The monoisotopic (exact) mass is 277 g/mol. The Hall–Kier alpha value is -0.900. The van der Waals surface area contributed by atoms with Gasteiger partial charge in [-0.25, -0.2) is 0 Å². The van der Waals surface area contributed by atoms with Gasteiger partial charge in [-0.3, -0.25) is 4.90 Å². The van der Waals surface area contributed by atoms with Crippen LogP contribution in [0.2, 0.25) is 0 Å². The molecule has 1 aromatic rings. The van der Waals surface area contributed by atoms with Crippen LogP contribution in [-0.4, -0.2) is 48.0 Å². The third-order valence-corrected chi connectivity index (χ3v) is 3.65. The van der Waals surface area contributed by atoms with E-state index in [1.807, 2.05) is 13.8 Å². The third-order valence-electron chi connectivity index (χ3n) is 3.65. The number of nitrogens with zero attached hydrogens (tertiary/aromatic N) is 1. The molecule has 1 saturated heterocycles. The van der Waals surface area contributed by atoms with Crippen LogP contribution in [0.15, 0.2) is 30.3 Å². The molecular weight excluding hydrogens is 250 g/mol. The highest BCUT2D eigenvalue weighted by Crippen LogP contribution is 2.16. The van der Waals surface area contributed by atoms with E-state index in [9.17, 15) is 5.11 Å². The minimum Gasteiger partial charge on any atom is -0.389 e. The zero-order valence-corrected chi connectivity index (χ0v) is 12.7. The highest BCUT2D eigenvalue weighted by Gasteiger charge is 2.26.